The van der Waals surface area contributed by atoms with E-state index in [9.17, 15) is 5.11 Å². The molecule has 2 unspecified atom stereocenters. The van der Waals surface area contributed by atoms with Crippen molar-refractivity contribution in [3.05, 3.63) is 0 Å². The van der Waals surface area contributed by atoms with E-state index in [2.05, 4.69) is 33.0 Å². The summed E-state index contributed by atoms with van der Waals surface area (Å²) >= 11 is 2.00. The van der Waals surface area contributed by atoms with E-state index in [-0.39, 0.29) is 12.1 Å². The molecule has 0 aromatic carbocycles. The van der Waals surface area contributed by atoms with Crippen LogP contribution in [0.2, 0.25) is 0 Å². The van der Waals surface area contributed by atoms with Crippen molar-refractivity contribution in [3.63, 3.8) is 0 Å². The maximum absolute atomic E-state index is 9.41. The minimum atomic E-state index is -0.101. The summed E-state index contributed by atoms with van der Waals surface area (Å²) in [6.45, 7) is 9.94. The first-order valence-electron chi connectivity index (χ1n) is 6.05. The van der Waals surface area contributed by atoms with Crippen LogP contribution in [-0.2, 0) is 0 Å². The third-order valence-corrected chi connectivity index (χ3v) is 3.87. The molecule has 2 N–H and O–H groups in total. The van der Waals surface area contributed by atoms with Crippen molar-refractivity contribution in [1.82, 2.24) is 5.32 Å². The quantitative estimate of drug-likeness (QED) is 0.642. The van der Waals surface area contributed by atoms with Gasteiger partial charge < -0.3 is 10.4 Å². The SMILES string of the molecule is CCCNC(C)(CO)CC(C)SCCC. The fourth-order valence-electron chi connectivity index (χ4n) is 1.63. The van der Waals surface area contributed by atoms with Gasteiger partial charge in [0.25, 0.3) is 0 Å². The molecule has 3 heteroatoms. The standard InChI is InChI=1S/C12H27NOS/c1-5-7-13-12(4,10-14)9-11(3)15-8-6-2/h11,13-14H,5-10H2,1-4H3. The van der Waals surface area contributed by atoms with Crippen molar-refractivity contribution in [2.75, 3.05) is 18.9 Å². The summed E-state index contributed by atoms with van der Waals surface area (Å²) in [6, 6.07) is 0. The highest BCUT2D eigenvalue weighted by molar-refractivity contribution is 7.99. The number of hydrogen-bond acceptors (Lipinski definition) is 3. The fraction of sp³-hybridized carbons (Fsp3) is 1.00. The summed E-state index contributed by atoms with van der Waals surface area (Å²) in [6.07, 6.45) is 3.38. The van der Waals surface area contributed by atoms with Crippen molar-refractivity contribution in [3.8, 4) is 0 Å². The summed E-state index contributed by atoms with van der Waals surface area (Å²) in [4.78, 5) is 0. The molecule has 0 bridgehead atoms. The molecule has 0 radical (unpaired) electrons. The third kappa shape index (κ3) is 7.20. The fourth-order valence-corrected chi connectivity index (χ4v) is 2.76. The zero-order valence-corrected chi connectivity index (χ0v) is 11.5. The van der Waals surface area contributed by atoms with E-state index in [1.807, 2.05) is 11.8 Å². The van der Waals surface area contributed by atoms with E-state index in [4.69, 9.17) is 0 Å². The van der Waals surface area contributed by atoms with Crippen molar-refractivity contribution >= 4 is 11.8 Å². The highest BCUT2D eigenvalue weighted by Crippen LogP contribution is 2.22. The van der Waals surface area contributed by atoms with Gasteiger partial charge in [0.1, 0.15) is 0 Å². The Morgan fingerprint density at radius 1 is 1.33 bits per heavy atom. The molecule has 2 nitrogen and oxygen atoms in total. The molecule has 0 spiro atoms. The van der Waals surface area contributed by atoms with Gasteiger partial charge >= 0.3 is 0 Å². The first-order chi connectivity index (χ1) is 7.08. The van der Waals surface area contributed by atoms with Gasteiger partial charge in [-0.25, -0.2) is 0 Å². The summed E-state index contributed by atoms with van der Waals surface area (Å²) in [7, 11) is 0. The lowest BCUT2D eigenvalue weighted by atomic mass is 9.97. The summed E-state index contributed by atoms with van der Waals surface area (Å²) < 4.78 is 0. The number of nitrogens with one attached hydrogen (secondary N) is 1. The van der Waals surface area contributed by atoms with Crippen molar-refractivity contribution in [2.24, 2.45) is 0 Å². The second-order valence-electron chi connectivity index (χ2n) is 4.53. The smallest absolute Gasteiger partial charge is 0.0611 e. The molecule has 2 atom stereocenters. The lowest BCUT2D eigenvalue weighted by Gasteiger charge is -2.31. The van der Waals surface area contributed by atoms with Gasteiger partial charge in [-0.2, -0.15) is 11.8 Å². The van der Waals surface area contributed by atoms with E-state index in [1.165, 1.54) is 12.2 Å². The Morgan fingerprint density at radius 2 is 2.00 bits per heavy atom. The van der Waals surface area contributed by atoms with E-state index in [1.54, 1.807) is 0 Å². The highest BCUT2D eigenvalue weighted by atomic mass is 32.2. The van der Waals surface area contributed by atoms with Gasteiger partial charge in [0.05, 0.1) is 6.61 Å². The number of hydrogen-bond donors (Lipinski definition) is 2. The Morgan fingerprint density at radius 3 is 2.47 bits per heavy atom. The molecule has 0 heterocycles. The van der Waals surface area contributed by atoms with Gasteiger partial charge in [0.2, 0.25) is 0 Å². The van der Waals surface area contributed by atoms with Crippen LogP contribution in [0.4, 0.5) is 0 Å². The molecule has 0 saturated heterocycles. The third-order valence-electron chi connectivity index (χ3n) is 2.50. The van der Waals surface area contributed by atoms with Gasteiger partial charge in [0.15, 0.2) is 0 Å². The molecule has 92 valence electrons. The molecule has 0 aromatic heterocycles. The van der Waals surface area contributed by atoms with Crippen molar-refractivity contribution < 1.29 is 5.11 Å². The zero-order chi connectivity index (χ0) is 11.7. The topological polar surface area (TPSA) is 32.3 Å². The van der Waals surface area contributed by atoms with Crippen LogP contribution in [0.25, 0.3) is 0 Å². The molecule has 0 aromatic rings. The highest BCUT2D eigenvalue weighted by Gasteiger charge is 2.24. The van der Waals surface area contributed by atoms with Gasteiger partial charge in [-0.05, 0) is 38.5 Å². The van der Waals surface area contributed by atoms with Gasteiger partial charge in [-0.1, -0.05) is 20.8 Å². The minimum absolute atomic E-state index is 0.101. The van der Waals surface area contributed by atoms with Crippen molar-refractivity contribution in [1.29, 1.82) is 0 Å². The average Bonchev–Trinajstić information content (AvgIpc) is 2.23. The Kier molecular flexibility index (Phi) is 8.58. The predicted octanol–water partition coefficient (Wildman–Crippen LogP) is 2.66. The van der Waals surface area contributed by atoms with E-state index < -0.39 is 0 Å². The molecule has 0 aliphatic carbocycles. The molecule has 0 aliphatic rings. The second kappa shape index (κ2) is 8.43. The van der Waals surface area contributed by atoms with Gasteiger partial charge in [-0.15, -0.1) is 0 Å². The molecular formula is C12H27NOS. The number of aliphatic hydroxyl groups is 1. The zero-order valence-electron chi connectivity index (χ0n) is 10.7. The minimum Gasteiger partial charge on any atom is -0.394 e. The first kappa shape index (κ1) is 15.3. The summed E-state index contributed by atoms with van der Waals surface area (Å²) in [5, 5.41) is 13.5. The van der Waals surface area contributed by atoms with Crippen LogP contribution in [0, 0.1) is 0 Å². The Labute approximate surface area is 99.2 Å². The average molecular weight is 233 g/mol. The predicted molar refractivity (Wildman–Crippen MR) is 70.6 cm³/mol. The Bertz CT molecular complexity index is 155. The number of aliphatic hydroxyl groups excluding tert-OH is 1. The molecule has 0 fully saturated rings. The van der Waals surface area contributed by atoms with Crippen LogP contribution < -0.4 is 5.32 Å². The van der Waals surface area contributed by atoms with Crippen LogP contribution in [-0.4, -0.2) is 34.8 Å². The normalized spacial score (nSPS) is 17.4. The summed E-state index contributed by atoms with van der Waals surface area (Å²) in [5.41, 5.74) is -0.101. The van der Waals surface area contributed by atoms with Crippen molar-refractivity contribution in [2.45, 2.75) is 57.7 Å². The maximum Gasteiger partial charge on any atom is 0.0611 e. The number of rotatable bonds is 9. The molecule has 0 rings (SSSR count). The molecular weight excluding hydrogens is 206 g/mol. The van der Waals surface area contributed by atoms with Crippen LogP contribution in [0.5, 0.6) is 0 Å². The van der Waals surface area contributed by atoms with Gasteiger partial charge in [-0.3, -0.25) is 0 Å². The monoisotopic (exact) mass is 233 g/mol. The van der Waals surface area contributed by atoms with E-state index in [0.29, 0.717) is 5.25 Å². The van der Waals surface area contributed by atoms with Gasteiger partial charge in [0, 0.05) is 10.8 Å². The van der Waals surface area contributed by atoms with Crippen LogP contribution in [0.3, 0.4) is 0 Å². The maximum atomic E-state index is 9.41. The van der Waals surface area contributed by atoms with Crippen LogP contribution in [0.15, 0.2) is 0 Å². The Hall–Kier alpha value is 0.270. The number of thioether (sulfide) groups is 1. The first-order valence-corrected chi connectivity index (χ1v) is 7.10. The summed E-state index contributed by atoms with van der Waals surface area (Å²) in [5.74, 6) is 1.22. The lowest BCUT2D eigenvalue weighted by Crippen LogP contribution is -2.47. The molecule has 0 saturated carbocycles. The second-order valence-corrected chi connectivity index (χ2v) is 6.08. The van der Waals surface area contributed by atoms with Crippen LogP contribution >= 0.6 is 11.8 Å². The van der Waals surface area contributed by atoms with E-state index >= 15 is 0 Å². The molecule has 15 heavy (non-hydrogen) atoms. The van der Waals surface area contributed by atoms with E-state index in [0.717, 1.165) is 19.4 Å². The van der Waals surface area contributed by atoms with Crippen LogP contribution in [0.1, 0.15) is 47.0 Å². The lowest BCUT2D eigenvalue weighted by molar-refractivity contribution is 0.166. The molecule has 0 amide bonds. The molecule has 0 aliphatic heterocycles. The Balaban J connectivity index is 3.93. The largest absolute Gasteiger partial charge is 0.394 e.